The van der Waals surface area contributed by atoms with Gasteiger partial charge in [0, 0.05) is 5.54 Å². The highest BCUT2D eigenvalue weighted by molar-refractivity contribution is 5.87. The largest absolute Gasteiger partial charge is 0.481 e. The first-order valence-corrected chi connectivity index (χ1v) is 8.17. The number of likely N-dealkylation sites (tertiary alicyclic amines) is 1. The lowest BCUT2D eigenvalue weighted by molar-refractivity contribution is -0.143. The highest BCUT2D eigenvalue weighted by Gasteiger charge is 2.50. The molecule has 0 atom stereocenters. The van der Waals surface area contributed by atoms with E-state index in [1.165, 1.54) is 29.2 Å². The van der Waals surface area contributed by atoms with Crippen LogP contribution in [0.3, 0.4) is 0 Å². The third-order valence-corrected chi connectivity index (χ3v) is 5.46. The Balaban J connectivity index is 1.65. The van der Waals surface area contributed by atoms with Gasteiger partial charge in [0.05, 0.1) is 5.92 Å². The second-order valence-electron chi connectivity index (χ2n) is 6.66. The minimum Gasteiger partial charge on any atom is -0.481 e. The Labute approximate surface area is 130 Å². The number of rotatable bonds is 3. The molecule has 0 unspecified atom stereocenters. The maximum absolute atomic E-state index is 11.2. The Morgan fingerprint density at radius 1 is 1.05 bits per heavy atom. The van der Waals surface area contributed by atoms with Crippen molar-refractivity contribution in [1.29, 1.82) is 0 Å². The third kappa shape index (κ3) is 2.12. The number of carboxylic acids is 1. The molecule has 0 aromatic heterocycles. The summed E-state index contributed by atoms with van der Waals surface area (Å²) in [6.07, 6.45) is 3.95. The van der Waals surface area contributed by atoms with Crippen molar-refractivity contribution in [3.8, 4) is 0 Å². The second-order valence-corrected chi connectivity index (χ2v) is 6.66. The minimum absolute atomic E-state index is 0.153. The smallest absolute Gasteiger partial charge is 0.306 e. The summed E-state index contributed by atoms with van der Waals surface area (Å²) >= 11 is 0. The van der Waals surface area contributed by atoms with Gasteiger partial charge in [-0.1, -0.05) is 42.5 Å². The first-order valence-electron chi connectivity index (χ1n) is 8.17. The Hall–Kier alpha value is -1.87. The quantitative estimate of drug-likeness (QED) is 0.940. The predicted molar refractivity (Wildman–Crippen MR) is 86.8 cm³/mol. The molecule has 22 heavy (non-hydrogen) atoms. The molecule has 1 saturated carbocycles. The van der Waals surface area contributed by atoms with E-state index in [0.717, 1.165) is 25.9 Å². The Bertz CT molecular complexity index is 707. The molecule has 1 aliphatic carbocycles. The van der Waals surface area contributed by atoms with Crippen LogP contribution < -0.4 is 0 Å². The average Bonchev–Trinajstić information content (AvgIpc) is 3.36. The molecule has 0 amide bonds. The van der Waals surface area contributed by atoms with Gasteiger partial charge in [-0.2, -0.15) is 0 Å². The molecule has 2 aliphatic rings. The van der Waals surface area contributed by atoms with E-state index in [2.05, 4.69) is 47.4 Å². The van der Waals surface area contributed by atoms with Crippen LogP contribution in [0.15, 0.2) is 42.5 Å². The van der Waals surface area contributed by atoms with Crippen LogP contribution in [0.4, 0.5) is 0 Å². The molecule has 2 aromatic rings. The van der Waals surface area contributed by atoms with E-state index < -0.39 is 5.97 Å². The summed E-state index contributed by atoms with van der Waals surface area (Å²) in [7, 11) is 0. The Morgan fingerprint density at radius 2 is 1.73 bits per heavy atom. The lowest BCUT2D eigenvalue weighted by atomic mass is 9.91. The molecule has 2 aromatic carbocycles. The number of carboxylic acid groups (broad SMARTS) is 1. The van der Waals surface area contributed by atoms with E-state index in [1.54, 1.807) is 0 Å². The van der Waals surface area contributed by atoms with E-state index in [4.69, 9.17) is 0 Å². The van der Waals surface area contributed by atoms with Crippen LogP contribution >= 0.6 is 0 Å². The van der Waals surface area contributed by atoms with E-state index >= 15 is 0 Å². The van der Waals surface area contributed by atoms with Crippen molar-refractivity contribution < 1.29 is 9.90 Å². The molecular formula is C19H21NO2. The number of carbonyl (C=O) groups is 1. The first-order chi connectivity index (χ1) is 10.7. The van der Waals surface area contributed by atoms with Gasteiger partial charge in [-0.3, -0.25) is 9.69 Å². The van der Waals surface area contributed by atoms with Crippen LogP contribution in [0.2, 0.25) is 0 Å². The van der Waals surface area contributed by atoms with Crippen LogP contribution in [-0.2, 0) is 10.3 Å². The molecule has 114 valence electrons. The standard InChI is InChI=1S/C19H21NO2/c21-18(22)15-8-12-20(13-9-15)19(10-11-19)17-7-3-5-14-4-1-2-6-16(14)17/h1-7,15H,8-13H2,(H,21,22). The van der Waals surface area contributed by atoms with Crippen LogP contribution in [0, 0.1) is 5.92 Å². The molecule has 4 rings (SSSR count). The molecule has 1 aliphatic heterocycles. The molecule has 2 fully saturated rings. The Morgan fingerprint density at radius 3 is 2.41 bits per heavy atom. The van der Waals surface area contributed by atoms with Gasteiger partial charge in [-0.15, -0.1) is 0 Å². The highest BCUT2D eigenvalue weighted by Crippen LogP contribution is 2.53. The third-order valence-electron chi connectivity index (χ3n) is 5.46. The van der Waals surface area contributed by atoms with E-state index in [0.29, 0.717) is 0 Å². The van der Waals surface area contributed by atoms with Crippen molar-refractivity contribution in [3.63, 3.8) is 0 Å². The molecule has 0 radical (unpaired) electrons. The number of aliphatic carboxylic acids is 1. The SMILES string of the molecule is O=C(O)C1CCN(C2(c3cccc4ccccc34)CC2)CC1. The van der Waals surface area contributed by atoms with Crippen LogP contribution in [-0.4, -0.2) is 29.1 Å². The number of fused-ring (bicyclic) bond motifs is 1. The maximum atomic E-state index is 11.2. The zero-order chi connectivity index (χ0) is 15.2. The number of hydrogen-bond acceptors (Lipinski definition) is 2. The topological polar surface area (TPSA) is 40.5 Å². The van der Waals surface area contributed by atoms with Gasteiger partial charge in [-0.25, -0.2) is 0 Å². The minimum atomic E-state index is -0.630. The predicted octanol–water partition coefficient (Wildman–Crippen LogP) is 3.63. The lowest BCUT2D eigenvalue weighted by Crippen LogP contribution is -2.43. The number of piperidine rings is 1. The number of benzene rings is 2. The molecule has 0 bridgehead atoms. The molecule has 3 nitrogen and oxygen atoms in total. The fourth-order valence-electron chi connectivity index (χ4n) is 4.06. The molecule has 3 heteroatoms. The van der Waals surface area contributed by atoms with Crippen molar-refractivity contribution in [3.05, 3.63) is 48.0 Å². The summed E-state index contributed by atoms with van der Waals surface area (Å²) in [6.45, 7) is 1.81. The molecule has 0 spiro atoms. The molecule has 1 saturated heterocycles. The van der Waals surface area contributed by atoms with Gasteiger partial charge in [0.2, 0.25) is 0 Å². The maximum Gasteiger partial charge on any atom is 0.306 e. The summed E-state index contributed by atoms with van der Waals surface area (Å²) in [6, 6.07) is 15.2. The molecule has 1 N–H and O–H groups in total. The second kappa shape index (κ2) is 5.10. The van der Waals surface area contributed by atoms with Crippen molar-refractivity contribution in [2.24, 2.45) is 5.92 Å². The Kier molecular flexibility index (Phi) is 3.19. The first kappa shape index (κ1) is 13.8. The van der Waals surface area contributed by atoms with Gasteiger partial charge in [-0.05, 0) is 55.1 Å². The van der Waals surface area contributed by atoms with Gasteiger partial charge in [0.15, 0.2) is 0 Å². The number of hydrogen-bond donors (Lipinski definition) is 1. The zero-order valence-corrected chi connectivity index (χ0v) is 12.7. The summed E-state index contributed by atoms with van der Waals surface area (Å²) in [5.41, 5.74) is 1.59. The van der Waals surface area contributed by atoms with Gasteiger partial charge in [0.25, 0.3) is 0 Å². The van der Waals surface area contributed by atoms with Gasteiger partial charge >= 0.3 is 5.97 Å². The summed E-state index contributed by atoms with van der Waals surface area (Å²) in [5.74, 6) is -0.783. The van der Waals surface area contributed by atoms with Crippen molar-refractivity contribution in [1.82, 2.24) is 4.90 Å². The fraction of sp³-hybridized carbons (Fsp3) is 0.421. The average molecular weight is 295 g/mol. The van der Waals surface area contributed by atoms with Crippen LogP contribution in [0.1, 0.15) is 31.2 Å². The normalized spacial score (nSPS) is 21.8. The molecular weight excluding hydrogens is 274 g/mol. The van der Waals surface area contributed by atoms with Gasteiger partial charge < -0.3 is 5.11 Å². The fourth-order valence-corrected chi connectivity index (χ4v) is 4.06. The summed E-state index contributed by atoms with van der Waals surface area (Å²) < 4.78 is 0. The van der Waals surface area contributed by atoms with E-state index in [-0.39, 0.29) is 11.5 Å². The van der Waals surface area contributed by atoms with Crippen molar-refractivity contribution in [2.75, 3.05) is 13.1 Å². The highest BCUT2D eigenvalue weighted by atomic mass is 16.4. The summed E-state index contributed by atoms with van der Waals surface area (Å²) in [4.78, 5) is 13.7. The summed E-state index contributed by atoms with van der Waals surface area (Å²) in [5, 5.41) is 11.8. The lowest BCUT2D eigenvalue weighted by Gasteiger charge is -2.37. The monoisotopic (exact) mass is 295 g/mol. The zero-order valence-electron chi connectivity index (χ0n) is 12.7. The van der Waals surface area contributed by atoms with Gasteiger partial charge in [0.1, 0.15) is 0 Å². The van der Waals surface area contributed by atoms with Crippen LogP contribution in [0.25, 0.3) is 10.8 Å². The number of nitrogens with zero attached hydrogens (tertiary/aromatic N) is 1. The van der Waals surface area contributed by atoms with E-state index in [9.17, 15) is 9.90 Å². The van der Waals surface area contributed by atoms with Crippen molar-refractivity contribution in [2.45, 2.75) is 31.2 Å². The van der Waals surface area contributed by atoms with Crippen LogP contribution in [0.5, 0.6) is 0 Å². The van der Waals surface area contributed by atoms with Crippen molar-refractivity contribution >= 4 is 16.7 Å². The van der Waals surface area contributed by atoms with E-state index in [1.807, 2.05) is 0 Å². The molecule has 1 heterocycles.